The van der Waals surface area contributed by atoms with E-state index in [1.165, 1.54) is 18.4 Å². The number of fused-ring (bicyclic) bond motifs is 1. The summed E-state index contributed by atoms with van der Waals surface area (Å²) in [4.78, 5) is 32.2. The van der Waals surface area contributed by atoms with Crippen molar-refractivity contribution in [3.63, 3.8) is 0 Å². The summed E-state index contributed by atoms with van der Waals surface area (Å²) in [6, 6.07) is 20.2. The van der Waals surface area contributed by atoms with E-state index in [9.17, 15) is 9.59 Å². The summed E-state index contributed by atoms with van der Waals surface area (Å²) in [6.45, 7) is 4.13. The number of halogens is 1. The van der Waals surface area contributed by atoms with Crippen LogP contribution in [0.15, 0.2) is 92.3 Å². The van der Waals surface area contributed by atoms with Crippen LogP contribution in [-0.2, 0) is 16.1 Å². The quantitative estimate of drug-likeness (QED) is 0.233. The number of thiazole rings is 1. The summed E-state index contributed by atoms with van der Waals surface area (Å²) in [6.07, 6.45) is 1.81. The SMILES string of the molecule is CCOC(=O)C1=C(C)N=c2sc(=Cc3ccc(OCc4ccccc4)c(Br)c3)c(=O)n2C1c1ccc(OC)c(OC)c1. The summed E-state index contributed by atoms with van der Waals surface area (Å²) < 4.78 is 25.1. The van der Waals surface area contributed by atoms with E-state index < -0.39 is 12.0 Å². The zero-order valence-electron chi connectivity index (χ0n) is 23.5. The van der Waals surface area contributed by atoms with E-state index in [4.69, 9.17) is 18.9 Å². The predicted octanol–water partition coefficient (Wildman–Crippen LogP) is 5.16. The lowest BCUT2D eigenvalue weighted by molar-refractivity contribution is -0.139. The Morgan fingerprint density at radius 3 is 2.45 bits per heavy atom. The monoisotopic (exact) mass is 648 g/mol. The molecule has 5 rings (SSSR count). The Morgan fingerprint density at radius 1 is 1.02 bits per heavy atom. The molecule has 42 heavy (non-hydrogen) atoms. The molecule has 2 heterocycles. The van der Waals surface area contributed by atoms with Crippen molar-refractivity contribution in [2.45, 2.75) is 26.5 Å². The standard InChI is InChI=1S/C32H29BrN2O6S/c1-5-40-31(37)28-19(2)34-32-35(29(28)22-12-14-25(38-3)26(17-22)39-4)30(36)27(42-32)16-21-11-13-24(23(33)15-21)41-18-20-9-7-6-8-10-20/h6-17,29H,5,18H2,1-4H3. The van der Waals surface area contributed by atoms with Crippen LogP contribution in [0.2, 0.25) is 0 Å². The van der Waals surface area contributed by atoms with Crippen molar-refractivity contribution >= 4 is 39.3 Å². The van der Waals surface area contributed by atoms with Gasteiger partial charge in [-0.1, -0.05) is 53.8 Å². The third-order valence-electron chi connectivity index (χ3n) is 6.73. The van der Waals surface area contributed by atoms with Gasteiger partial charge in [-0.15, -0.1) is 0 Å². The lowest BCUT2D eigenvalue weighted by Gasteiger charge is -2.25. The summed E-state index contributed by atoms with van der Waals surface area (Å²) in [5.41, 5.74) is 3.06. The fourth-order valence-corrected chi connectivity index (χ4v) is 6.30. The number of nitrogens with zero attached hydrogens (tertiary/aromatic N) is 2. The van der Waals surface area contributed by atoms with E-state index in [0.717, 1.165) is 15.6 Å². The van der Waals surface area contributed by atoms with Crippen LogP contribution in [0.5, 0.6) is 17.2 Å². The molecule has 3 aromatic carbocycles. The van der Waals surface area contributed by atoms with Crippen LogP contribution in [0.4, 0.5) is 0 Å². The van der Waals surface area contributed by atoms with E-state index in [1.54, 1.807) is 37.7 Å². The molecule has 216 valence electrons. The van der Waals surface area contributed by atoms with Gasteiger partial charge in [0.2, 0.25) is 0 Å². The summed E-state index contributed by atoms with van der Waals surface area (Å²) in [5, 5.41) is 0. The molecule has 0 amide bonds. The first-order chi connectivity index (χ1) is 20.3. The Labute approximate surface area is 255 Å². The van der Waals surface area contributed by atoms with Gasteiger partial charge in [-0.3, -0.25) is 9.36 Å². The molecule has 4 aromatic rings. The van der Waals surface area contributed by atoms with Crippen molar-refractivity contribution in [2.24, 2.45) is 4.99 Å². The van der Waals surface area contributed by atoms with Crippen LogP contribution >= 0.6 is 27.3 Å². The molecular formula is C32H29BrN2O6S. The van der Waals surface area contributed by atoms with E-state index in [2.05, 4.69) is 20.9 Å². The highest BCUT2D eigenvalue weighted by molar-refractivity contribution is 9.10. The highest BCUT2D eigenvalue weighted by atomic mass is 79.9. The van der Waals surface area contributed by atoms with Crippen molar-refractivity contribution in [1.29, 1.82) is 0 Å². The second kappa shape index (κ2) is 12.8. The zero-order chi connectivity index (χ0) is 29.8. The molecule has 8 nitrogen and oxygen atoms in total. The van der Waals surface area contributed by atoms with Gasteiger partial charge < -0.3 is 18.9 Å². The maximum absolute atomic E-state index is 13.9. The third-order valence-corrected chi connectivity index (χ3v) is 8.33. The normalized spacial score (nSPS) is 14.7. The molecular weight excluding hydrogens is 620 g/mol. The fourth-order valence-electron chi connectivity index (χ4n) is 4.74. The Balaban J connectivity index is 1.56. The van der Waals surface area contributed by atoms with E-state index in [0.29, 0.717) is 50.0 Å². The summed E-state index contributed by atoms with van der Waals surface area (Å²) >= 11 is 4.86. The molecule has 10 heteroatoms. The molecule has 1 unspecified atom stereocenters. The average molecular weight is 650 g/mol. The highest BCUT2D eigenvalue weighted by Crippen LogP contribution is 2.36. The van der Waals surface area contributed by atoms with Crippen molar-refractivity contribution in [3.05, 3.63) is 119 Å². The van der Waals surface area contributed by atoms with Gasteiger partial charge in [0.05, 0.1) is 47.1 Å². The van der Waals surface area contributed by atoms with Crippen LogP contribution in [-0.4, -0.2) is 31.4 Å². The van der Waals surface area contributed by atoms with Crippen molar-refractivity contribution in [2.75, 3.05) is 20.8 Å². The number of benzene rings is 3. The minimum Gasteiger partial charge on any atom is -0.493 e. The van der Waals surface area contributed by atoms with Crippen LogP contribution < -0.4 is 29.1 Å². The minimum absolute atomic E-state index is 0.193. The molecule has 0 radical (unpaired) electrons. The Hall–Kier alpha value is -4.15. The van der Waals surface area contributed by atoms with Gasteiger partial charge >= 0.3 is 5.97 Å². The van der Waals surface area contributed by atoms with E-state index in [-0.39, 0.29) is 12.2 Å². The Kier molecular flexibility index (Phi) is 8.94. The van der Waals surface area contributed by atoms with Crippen molar-refractivity contribution in [3.8, 4) is 17.2 Å². The van der Waals surface area contributed by atoms with Gasteiger partial charge in [0.15, 0.2) is 16.3 Å². The number of esters is 1. The molecule has 0 saturated heterocycles. The van der Waals surface area contributed by atoms with Crippen LogP contribution in [0, 0.1) is 0 Å². The predicted molar refractivity (Wildman–Crippen MR) is 165 cm³/mol. The lowest BCUT2D eigenvalue weighted by atomic mass is 9.95. The molecule has 1 aromatic heterocycles. The zero-order valence-corrected chi connectivity index (χ0v) is 26.0. The Morgan fingerprint density at radius 2 is 1.76 bits per heavy atom. The highest BCUT2D eigenvalue weighted by Gasteiger charge is 2.34. The number of ether oxygens (including phenoxy) is 4. The van der Waals surface area contributed by atoms with Gasteiger partial charge in [0, 0.05) is 0 Å². The molecule has 0 aliphatic carbocycles. The number of carbonyl (C=O) groups excluding carboxylic acids is 1. The van der Waals surface area contributed by atoms with Gasteiger partial charge in [-0.25, -0.2) is 9.79 Å². The number of hydrogen-bond acceptors (Lipinski definition) is 8. The number of hydrogen-bond donors (Lipinski definition) is 0. The minimum atomic E-state index is -0.761. The van der Waals surface area contributed by atoms with Gasteiger partial charge in [0.25, 0.3) is 5.56 Å². The molecule has 1 aliphatic rings. The fraction of sp³-hybridized carbons (Fsp3) is 0.219. The van der Waals surface area contributed by atoms with Crippen LogP contribution in [0.3, 0.4) is 0 Å². The number of carbonyl (C=O) groups is 1. The Bertz CT molecular complexity index is 1840. The first kappa shape index (κ1) is 29.3. The van der Waals surface area contributed by atoms with Crippen molar-refractivity contribution in [1.82, 2.24) is 4.57 Å². The number of aromatic nitrogens is 1. The molecule has 1 aliphatic heterocycles. The van der Waals surface area contributed by atoms with E-state index >= 15 is 0 Å². The maximum Gasteiger partial charge on any atom is 0.338 e. The second-order valence-electron chi connectivity index (χ2n) is 9.38. The summed E-state index contributed by atoms with van der Waals surface area (Å²) in [5.74, 6) is 1.19. The van der Waals surface area contributed by atoms with Gasteiger partial charge in [-0.05, 0) is 76.8 Å². The van der Waals surface area contributed by atoms with Crippen LogP contribution in [0.25, 0.3) is 6.08 Å². The lowest BCUT2D eigenvalue weighted by Crippen LogP contribution is -2.39. The van der Waals surface area contributed by atoms with Gasteiger partial charge in [0.1, 0.15) is 12.4 Å². The van der Waals surface area contributed by atoms with Crippen molar-refractivity contribution < 1.29 is 23.7 Å². The van der Waals surface area contributed by atoms with Gasteiger partial charge in [-0.2, -0.15) is 0 Å². The molecule has 0 spiro atoms. The number of rotatable bonds is 9. The molecule has 1 atom stereocenters. The molecule has 0 N–H and O–H groups in total. The first-order valence-electron chi connectivity index (χ1n) is 13.2. The van der Waals surface area contributed by atoms with Crippen LogP contribution in [0.1, 0.15) is 36.6 Å². The maximum atomic E-state index is 13.9. The largest absolute Gasteiger partial charge is 0.493 e. The summed E-state index contributed by atoms with van der Waals surface area (Å²) in [7, 11) is 3.09. The molecule has 0 bridgehead atoms. The number of methoxy groups -OCH3 is 2. The molecule has 0 saturated carbocycles. The smallest absolute Gasteiger partial charge is 0.338 e. The third kappa shape index (κ3) is 5.91. The number of allylic oxidation sites excluding steroid dienone is 1. The average Bonchev–Trinajstić information content (AvgIpc) is 3.29. The topological polar surface area (TPSA) is 88.4 Å². The molecule has 0 fully saturated rings. The second-order valence-corrected chi connectivity index (χ2v) is 11.2. The first-order valence-corrected chi connectivity index (χ1v) is 14.8. The van der Waals surface area contributed by atoms with E-state index in [1.807, 2.05) is 60.7 Å².